The third kappa shape index (κ3) is 2.35. The van der Waals surface area contributed by atoms with E-state index in [1.165, 1.54) is 20.3 Å². The van der Waals surface area contributed by atoms with Gasteiger partial charge >= 0.3 is 0 Å². The first-order valence-electron chi connectivity index (χ1n) is 6.90. The first-order valence-corrected chi connectivity index (χ1v) is 6.90. The summed E-state index contributed by atoms with van der Waals surface area (Å²) in [5.74, 6) is -1.85. The smallest absolute Gasteiger partial charge is 0.209 e. The molecular weight excluding hydrogens is 264 g/mol. The Bertz CT molecular complexity index is 485. The van der Waals surface area contributed by atoms with E-state index in [0.717, 1.165) is 32.1 Å². The summed E-state index contributed by atoms with van der Waals surface area (Å²) in [6.45, 7) is 0.335. The summed E-state index contributed by atoms with van der Waals surface area (Å²) in [4.78, 5) is 0. The number of halogens is 2. The summed E-state index contributed by atoms with van der Waals surface area (Å²) in [7, 11) is 2.61. The van der Waals surface area contributed by atoms with Crippen molar-refractivity contribution in [3.05, 3.63) is 23.3 Å². The number of ether oxygens (including phenoxy) is 2. The van der Waals surface area contributed by atoms with Crippen molar-refractivity contribution >= 4 is 0 Å². The second-order valence-electron chi connectivity index (χ2n) is 5.33. The third-order valence-electron chi connectivity index (χ3n) is 4.32. The molecule has 0 unspecified atom stereocenters. The first kappa shape index (κ1) is 15.0. The SMILES string of the molecule is COc1cc(C2(CN)CCCCC2)c(F)c(OC)c1F. The van der Waals surface area contributed by atoms with E-state index in [-0.39, 0.29) is 5.75 Å². The maximum Gasteiger partial charge on any atom is 0.209 e. The summed E-state index contributed by atoms with van der Waals surface area (Å²) in [6.07, 6.45) is 4.73. The number of benzene rings is 1. The van der Waals surface area contributed by atoms with E-state index in [9.17, 15) is 8.78 Å². The van der Waals surface area contributed by atoms with Crippen molar-refractivity contribution < 1.29 is 18.3 Å². The summed E-state index contributed by atoms with van der Waals surface area (Å²) >= 11 is 0. The molecule has 0 heterocycles. The Kier molecular flexibility index (Phi) is 4.48. The van der Waals surface area contributed by atoms with E-state index in [1.54, 1.807) is 0 Å². The van der Waals surface area contributed by atoms with Crippen molar-refractivity contribution in [3.63, 3.8) is 0 Å². The molecule has 2 N–H and O–H groups in total. The van der Waals surface area contributed by atoms with Gasteiger partial charge in [0.1, 0.15) is 0 Å². The molecule has 2 rings (SSSR count). The zero-order valence-corrected chi connectivity index (χ0v) is 12.0. The number of rotatable bonds is 4. The van der Waals surface area contributed by atoms with E-state index < -0.39 is 22.8 Å². The molecule has 112 valence electrons. The molecule has 20 heavy (non-hydrogen) atoms. The van der Waals surface area contributed by atoms with Gasteiger partial charge in [-0.1, -0.05) is 19.3 Å². The molecule has 1 aliphatic carbocycles. The van der Waals surface area contributed by atoms with Crippen molar-refractivity contribution in [3.8, 4) is 11.5 Å². The third-order valence-corrected chi connectivity index (χ3v) is 4.32. The minimum Gasteiger partial charge on any atom is -0.494 e. The molecule has 0 spiro atoms. The highest BCUT2D eigenvalue weighted by molar-refractivity contribution is 5.45. The molecule has 5 heteroatoms. The fourth-order valence-electron chi connectivity index (χ4n) is 3.11. The Labute approximate surface area is 118 Å². The highest BCUT2D eigenvalue weighted by atomic mass is 19.1. The Morgan fingerprint density at radius 2 is 1.75 bits per heavy atom. The van der Waals surface area contributed by atoms with Crippen LogP contribution < -0.4 is 15.2 Å². The highest BCUT2D eigenvalue weighted by Crippen LogP contribution is 2.44. The van der Waals surface area contributed by atoms with Crippen LogP contribution in [0.1, 0.15) is 37.7 Å². The Morgan fingerprint density at radius 3 is 2.25 bits per heavy atom. The summed E-state index contributed by atoms with van der Waals surface area (Å²) < 4.78 is 38.4. The standard InChI is InChI=1S/C15H21F2NO2/c1-19-11-8-10(12(16)14(20-2)13(11)17)15(9-18)6-4-3-5-7-15/h8H,3-7,9,18H2,1-2H3. The van der Waals surface area contributed by atoms with Gasteiger partial charge in [-0.15, -0.1) is 0 Å². The number of hydrogen-bond acceptors (Lipinski definition) is 3. The van der Waals surface area contributed by atoms with Gasteiger partial charge in [0.05, 0.1) is 14.2 Å². The zero-order valence-electron chi connectivity index (χ0n) is 12.0. The topological polar surface area (TPSA) is 44.5 Å². The van der Waals surface area contributed by atoms with Gasteiger partial charge in [-0.3, -0.25) is 0 Å². The minimum absolute atomic E-state index is 0.00310. The van der Waals surface area contributed by atoms with Gasteiger partial charge in [0.25, 0.3) is 0 Å². The molecule has 0 saturated heterocycles. The van der Waals surface area contributed by atoms with E-state index in [2.05, 4.69) is 0 Å². The van der Waals surface area contributed by atoms with Crippen LogP contribution in [0.15, 0.2) is 6.07 Å². The second-order valence-corrected chi connectivity index (χ2v) is 5.33. The molecule has 0 radical (unpaired) electrons. The van der Waals surface area contributed by atoms with E-state index >= 15 is 0 Å². The van der Waals surface area contributed by atoms with Crippen LogP contribution in [0.3, 0.4) is 0 Å². The molecule has 1 aromatic rings. The summed E-state index contributed by atoms with van der Waals surface area (Å²) in [5, 5.41) is 0. The quantitative estimate of drug-likeness (QED) is 0.924. The lowest BCUT2D eigenvalue weighted by Crippen LogP contribution is -2.38. The number of hydrogen-bond donors (Lipinski definition) is 1. The van der Waals surface area contributed by atoms with Crippen molar-refractivity contribution in [2.45, 2.75) is 37.5 Å². The zero-order chi connectivity index (χ0) is 14.8. The van der Waals surface area contributed by atoms with Crippen LogP contribution in [-0.4, -0.2) is 20.8 Å². The monoisotopic (exact) mass is 285 g/mol. The lowest BCUT2D eigenvalue weighted by atomic mass is 9.69. The molecule has 1 aliphatic rings. The maximum atomic E-state index is 14.6. The van der Waals surface area contributed by atoms with Crippen molar-refractivity contribution in [1.29, 1.82) is 0 Å². The van der Waals surface area contributed by atoms with Crippen molar-refractivity contribution in [2.75, 3.05) is 20.8 Å². The van der Waals surface area contributed by atoms with Crippen molar-refractivity contribution in [2.24, 2.45) is 5.73 Å². The van der Waals surface area contributed by atoms with Crippen molar-refractivity contribution in [1.82, 2.24) is 0 Å². The van der Waals surface area contributed by atoms with Crippen LogP contribution in [0.5, 0.6) is 11.5 Å². The average molecular weight is 285 g/mol. The van der Waals surface area contributed by atoms with Gasteiger partial charge < -0.3 is 15.2 Å². The van der Waals surface area contributed by atoms with Gasteiger partial charge in [0.2, 0.25) is 5.82 Å². The Balaban J connectivity index is 2.60. The summed E-state index contributed by atoms with van der Waals surface area (Å²) in [5.41, 5.74) is 5.88. The largest absolute Gasteiger partial charge is 0.494 e. The predicted octanol–water partition coefficient (Wildman–Crippen LogP) is 3.14. The predicted molar refractivity (Wildman–Crippen MR) is 73.3 cm³/mol. The molecule has 0 bridgehead atoms. The van der Waals surface area contributed by atoms with Gasteiger partial charge in [-0.2, -0.15) is 4.39 Å². The molecule has 1 saturated carbocycles. The number of methoxy groups -OCH3 is 2. The molecule has 0 aromatic heterocycles. The van der Waals surface area contributed by atoms with Crippen LogP contribution in [0.4, 0.5) is 8.78 Å². The molecular formula is C15H21F2NO2. The normalized spacial score (nSPS) is 17.9. The van der Waals surface area contributed by atoms with Crippen LogP contribution in [-0.2, 0) is 5.41 Å². The van der Waals surface area contributed by atoms with E-state index in [0.29, 0.717) is 12.1 Å². The van der Waals surface area contributed by atoms with E-state index in [4.69, 9.17) is 15.2 Å². The average Bonchev–Trinajstić information content (AvgIpc) is 2.48. The molecule has 0 atom stereocenters. The summed E-state index contributed by atoms with van der Waals surface area (Å²) in [6, 6.07) is 1.44. The van der Waals surface area contributed by atoms with Gasteiger partial charge in [0.15, 0.2) is 17.3 Å². The molecule has 1 fully saturated rings. The lowest BCUT2D eigenvalue weighted by Gasteiger charge is -2.37. The molecule has 0 amide bonds. The number of nitrogens with two attached hydrogens (primary N) is 1. The molecule has 1 aromatic carbocycles. The molecule has 3 nitrogen and oxygen atoms in total. The van der Waals surface area contributed by atoms with Gasteiger partial charge in [0, 0.05) is 17.5 Å². The van der Waals surface area contributed by atoms with E-state index in [1.807, 2.05) is 0 Å². The van der Waals surface area contributed by atoms with Gasteiger partial charge in [-0.05, 0) is 18.9 Å². The highest BCUT2D eigenvalue weighted by Gasteiger charge is 2.37. The molecule has 0 aliphatic heterocycles. The fourth-order valence-corrected chi connectivity index (χ4v) is 3.11. The van der Waals surface area contributed by atoms with Crippen LogP contribution in [0, 0.1) is 11.6 Å². The van der Waals surface area contributed by atoms with Crippen LogP contribution in [0.25, 0.3) is 0 Å². The van der Waals surface area contributed by atoms with Crippen LogP contribution >= 0.6 is 0 Å². The lowest BCUT2D eigenvalue weighted by molar-refractivity contribution is 0.277. The Hall–Kier alpha value is -1.36. The second kappa shape index (κ2) is 5.95. The fraction of sp³-hybridized carbons (Fsp3) is 0.600. The van der Waals surface area contributed by atoms with Crippen LogP contribution in [0.2, 0.25) is 0 Å². The first-order chi connectivity index (χ1) is 9.59. The Morgan fingerprint density at radius 1 is 1.10 bits per heavy atom. The maximum absolute atomic E-state index is 14.6. The van der Waals surface area contributed by atoms with Gasteiger partial charge in [-0.25, -0.2) is 4.39 Å². The minimum atomic E-state index is -0.806.